The Balaban J connectivity index is 3.51. The van der Waals surface area contributed by atoms with E-state index in [0.29, 0.717) is 19.4 Å². The monoisotopic (exact) mass is 275 g/mol. The molecule has 0 rings (SSSR count). The third kappa shape index (κ3) is 13.6. The van der Waals surface area contributed by atoms with Crippen LogP contribution in [0.15, 0.2) is 0 Å². The fraction of sp³-hybridized carbons (Fsp3) is 1.00. The molecule has 1 unspecified atom stereocenters. The molecule has 0 aromatic heterocycles. The summed E-state index contributed by atoms with van der Waals surface area (Å²) in [6.45, 7) is 2.32. The average molecular weight is 275 g/mol. The molecular formula is C10H20F3NO2S. The van der Waals surface area contributed by atoms with Gasteiger partial charge in [-0.05, 0) is 32.7 Å². The van der Waals surface area contributed by atoms with E-state index in [9.17, 15) is 21.6 Å². The standard InChI is InChI=1S/C10H20F3NO2S/c1-9(5-3-6-10(11,12)13)14-7-4-8-17(2,15)16/h9,14H,3-8H2,1-2H3. The molecule has 7 heteroatoms. The Hall–Kier alpha value is -0.300. The summed E-state index contributed by atoms with van der Waals surface area (Å²) >= 11 is 0. The van der Waals surface area contributed by atoms with Gasteiger partial charge < -0.3 is 5.32 Å². The molecule has 3 nitrogen and oxygen atoms in total. The van der Waals surface area contributed by atoms with Crippen LogP contribution in [0.1, 0.15) is 32.6 Å². The van der Waals surface area contributed by atoms with Crippen LogP contribution in [-0.4, -0.2) is 39.2 Å². The van der Waals surface area contributed by atoms with E-state index >= 15 is 0 Å². The maximum absolute atomic E-state index is 11.9. The van der Waals surface area contributed by atoms with Gasteiger partial charge >= 0.3 is 6.18 Å². The normalized spacial score (nSPS) is 14.9. The molecule has 1 atom stereocenters. The second-order valence-corrected chi connectivity index (χ2v) is 6.61. The predicted molar refractivity (Wildman–Crippen MR) is 61.7 cm³/mol. The van der Waals surface area contributed by atoms with Crippen molar-refractivity contribution in [3.63, 3.8) is 0 Å². The zero-order chi connectivity index (χ0) is 13.5. The highest BCUT2D eigenvalue weighted by atomic mass is 32.2. The molecule has 0 fully saturated rings. The number of rotatable bonds is 8. The second kappa shape index (κ2) is 7.20. The number of hydrogen-bond acceptors (Lipinski definition) is 3. The molecule has 0 heterocycles. The summed E-state index contributed by atoms with van der Waals surface area (Å²) in [5, 5.41) is 3.01. The van der Waals surface area contributed by atoms with Crippen molar-refractivity contribution in [1.82, 2.24) is 5.32 Å². The molecule has 0 amide bonds. The van der Waals surface area contributed by atoms with Gasteiger partial charge in [-0.3, -0.25) is 0 Å². The Morgan fingerprint density at radius 1 is 1.24 bits per heavy atom. The van der Waals surface area contributed by atoms with Crippen LogP contribution in [0, 0.1) is 0 Å². The highest BCUT2D eigenvalue weighted by Crippen LogP contribution is 2.22. The lowest BCUT2D eigenvalue weighted by atomic mass is 10.1. The molecule has 0 aliphatic carbocycles. The van der Waals surface area contributed by atoms with Crippen molar-refractivity contribution in [3.05, 3.63) is 0 Å². The van der Waals surface area contributed by atoms with Crippen LogP contribution in [0.5, 0.6) is 0 Å². The average Bonchev–Trinajstić information content (AvgIpc) is 2.09. The van der Waals surface area contributed by atoms with Crippen LogP contribution in [-0.2, 0) is 9.84 Å². The van der Waals surface area contributed by atoms with Gasteiger partial charge in [0.1, 0.15) is 9.84 Å². The van der Waals surface area contributed by atoms with Gasteiger partial charge in [0.2, 0.25) is 0 Å². The van der Waals surface area contributed by atoms with Crippen molar-refractivity contribution in [1.29, 1.82) is 0 Å². The van der Waals surface area contributed by atoms with Gasteiger partial charge in [-0.15, -0.1) is 0 Å². The molecule has 0 radical (unpaired) electrons. The van der Waals surface area contributed by atoms with Gasteiger partial charge in [0.25, 0.3) is 0 Å². The Morgan fingerprint density at radius 2 is 1.82 bits per heavy atom. The van der Waals surface area contributed by atoms with Gasteiger partial charge in [-0.2, -0.15) is 13.2 Å². The van der Waals surface area contributed by atoms with E-state index in [1.54, 1.807) is 6.92 Å². The van der Waals surface area contributed by atoms with Crippen LogP contribution in [0.25, 0.3) is 0 Å². The van der Waals surface area contributed by atoms with Crippen molar-refractivity contribution in [2.24, 2.45) is 0 Å². The summed E-state index contributed by atoms with van der Waals surface area (Å²) in [4.78, 5) is 0. The molecule has 0 aliphatic rings. The van der Waals surface area contributed by atoms with E-state index in [1.807, 2.05) is 0 Å². The third-order valence-electron chi connectivity index (χ3n) is 2.28. The molecule has 1 N–H and O–H groups in total. The molecule has 17 heavy (non-hydrogen) atoms. The topological polar surface area (TPSA) is 46.2 Å². The summed E-state index contributed by atoms with van der Waals surface area (Å²) in [5.41, 5.74) is 0. The maximum Gasteiger partial charge on any atom is 0.389 e. The molecule has 0 spiro atoms. The van der Waals surface area contributed by atoms with Crippen molar-refractivity contribution in [3.8, 4) is 0 Å². The first-order valence-corrected chi connectivity index (χ1v) is 7.64. The van der Waals surface area contributed by atoms with Crippen molar-refractivity contribution in [2.45, 2.75) is 44.8 Å². The van der Waals surface area contributed by atoms with E-state index in [4.69, 9.17) is 0 Å². The SMILES string of the molecule is CC(CCCC(F)(F)F)NCCCS(C)(=O)=O. The quantitative estimate of drug-likeness (QED) is 0.690. The summed E-state index contributed by atoms with van der Waals surface area (Å²) < 4.78 is 57.2. The fourth-order valence-electron chi connectivity index (χ4n) is 1.39. The second-order valence-electron chi connectivity index (χ2n) is 4.35. The number of alkyl halides is 3. The lowest BCUT2D eigenvalue weighted by Crippen LogP contribution is -2.28. The van der Waals surface area contributed by atoms with Crippen LogP contribution in [0.4, 0.5) is 13.2 Å². The fourth-order valence-corrected chi connectivity index (χ4v) is 2.06. The first kappa shape index (κ1) is 16.7. The predicted octanol–water partition coefficient (Wildman–Crippen LogP) is 2.13. The minimum atomic E-state index is -4.09. The summed E-state index contributed by atoms with van der Waals surface area (Å²) in [6, 6.07) is -0.0167. The number of hydrogen-bond donors (Lipinski definition) is 1. The van der Waals surface area contributed by atoms with Crippen LogP contribution >= 0.6 is 0 Å². The van der Waals surface area contributed by atoms with Crippen molar-refractivity contribution < 1.29 is 21.6 Å². The van der Waals surface area contributed by atoms with Gasteiger partial charge in [-0.25, -0.2) is 8.42 Å². The Bertz CT molecular complexity index is 301. The number of nitrogens with one attached hydrogen (secondary N) is 1. The smallest absolute Gasteiger partial charge is 0.314 e. The van der Waals surface area contributed by atoms with Gasteiger partial charge in [0.15, 0.2) is 0 Å². The van der Waals surface area contributed by atoms with E-state index in [0.717, 1.165) is 0 Å². The Morgan fingerprint density at radius 3 is 2.29 bits per heavy atom. The van der Waals surface area contributed by atoms with E-state index < -0.39 is 22.4 Å². The van der Waals surface area contributed by atoms with E-state index in [-0.39, 0.29) is 18.2 Å². The van der Waals surface area contributed by atoms with E-state index in [1.165, 1.54) is 6.26 Å². The molecule has 0 aromatic carbocycles. The maximum atomic E-state index is 11.9. The minimum Gasteiger partial charge on any atom is -0.314 e. The minimum absolute atomic E-state index is 0.0167. The summed E-state index contributed by atoms with van der Waals surface area (Å²) in [5.74, 6) is 0.106. The third-order valence-corrected chi connectivity index (χ3v) is 3.31. The van der Waals surface area contributed by atoms with Crippen LogP contribution in [0.2, 0.25) is 0 Å². The number of halogens is 3. The van der Waals surface area contributed by atoms with E-state index in [2.05, 4.69) is 5.32 Å². The highest BCUT2D eigenvalue weighted by molar-refractivity contribution is 7.90. The lowest BCUT2D eigenvalue weighted by Gasteiger charge is -2.14. The van der Waals surface area contributed by atoms with Gasteiger partial charge in [0.05, 0.1) is 5.75 Å². The first-order valence-electron chi connectivity index (χ1n) is 5.58. The molecule has 0 aromatic rings. The van der Waals surface area contributed by atoms with Crippen LogP contribution in [0.3, 0.4) is 0 Å². The summed E-state index contributed by atoms with van der Waals surface area (Å²) in [7, 11) is -2.95. The molecule has 104 valence electrons. The van der Waals surface area contributed by atoms with Crippen molar-refractivity contribution >= 4 is 9.84 Å². The molecule has 0 saturated carbocycles. The molecular weight excluding hydrogens is 255 g/mol. The first-order chi connectivity index (χ1) is 7.60. The van der Waals surface area contributed by atoms with Gasteiger partial charge in [-0.1, -0.05) is 0 Å². The summed E-state index contributed by atoms with van der Waals surface area (Å²) in [6.07, 6.45) is -2.65. The Labute approximate surface area is 101 Å². The zero-order valence-corrected chi connectivity index (χ0v) is 11.0. The van der Waals surface area contributed by atoms with Crippen molar-refractivity contribution in [2.75, 3.05) is 18.6 Å². The molecule has 0 bridgehead atoms. The largest absolute Gasteiger partial charge is 0.389 e. The zero-order valence-electron chi connectivity index (χ0n) is 10.2. The Kier molecular flexibility index (Phi) is 7.08. The van der Waals surface area contributed by atoms with Crippen LogP contribution < -0.4 is 5.32 Å². The van der Waals surface area contributed by atoms with Gasteiger partial charge in [0, 0.05) is 18.7 Å². The molecule has 0 saturated heterocycles. The highest BCUT2D eigenvalue weighted by Gasteiger charge is 2.26. The number of sulfone groups is 1. The molecule has 0 aliphatic heterocycles. The lowest BCUT2D eigenvalue weighted by molar-refractivity contribution is -0.135.